The maximum atomic E-state index is 13.9. The lowest BCUT2D eigenvalue weighted by molar-refractivity contribution is 0.0691. The molecule has 0 saturated heterocycles. The van der Waals surface area contributed by atoms with E-state index in [1.54, 1.807) is 6.07 Å². The van der Waals surface area contributed by atoms with E-state index in [2.05, 4.69) is 5.32 Å². The molecule has 2 aromatic rings. The maximum absolute atomic E-state index is 13.9. The Morgan fingerprint density at radius 1 is 1.04 bits per heavy atom. The van der Waals surface area contributed by atoms with Crippen LogP contribution in [0.4, 0.5) is 10.1 Å². The highest BCUT2D eigenvalue weighted by Gasteiger charge is 2.25. The van der Waals surface area contributed by atoms with Crippen molar-refractivity contribution in [3.63, 3.8) is 0 Å². The summed E-state index contributed by atoms with van der Waals surface area (Å²) in [7, 11) is 0. The third kappa shape index (κ3) is 4.57. The molecule has 0 fully saturated rings. The third-order valence-corrected chi connectivity index (χ3v) is 4.71. The smallest absolute Gasteiger partial charge is 0.338 e. The normalized spacial score (nSPS) is 12.0. The first kappa shape index (κ1) is 21.6. The van der Waals surface area contributed by atoms with Gasteiger partial charge in [-0.15, -0.1) is 0 Å². The molecule has 0 aliphatic heterocycles. The van der Waals surface area contributed by atoms with E-state index >= 15 is 0 Å². The minimum atomic E-state index is -1.39. The number of carboxylic acids is 1. The van der Waals surface area contributed by atoms with E-state index in [1.165, 1.54) is 6.07 Å². The maximum Gasteiger partial charge on any atom is 0.338 e. The number of hydrogen-bond acceptors (Lipinski definition) is 3. The van der Waals surface area contributed by atoms with E-state index in [0.717, 1.165) is 23.3 Å². The Morgan fingerprint density at radius 2 is 1.68 bits per heavy atom. The Kier molecular flexibility index (Phi) is 5.94. The second-order valence-corrected chi connectivity index (χ2v) is 8.51. The number of aromatic carboxylic acids is 1. The van der Waals surface area contributed by atoms with Crippen LogP contribution in [0, 0.1) is 5.82 Å². The monoisotopic (exact) mass is 387 g/mol. The molecule has 2 aromatic carbocycles. The van der Waals surface area contributed by atoms with Crippen LogP contribution in [0.15, 0.2) is 36.4 Å². The number of aliphatic hydroxyl groups excluding tert-OH is 1. The van der Waals surface area contributed by atoms with Gasteiger partial charge in [-0.2, -0.15) is 0 Å². The van der Waals surface area contributed by atoms with E-state index in [4.69, 9.17) is 5.11 Å². The van der Waals surface area contributed by atoms with Crippen molar-refractivity contribution < 1.29 is 24.2 Å². The van der Waals surface area contributed by atoms with Crippen LogP contribution in [0.3, 0.4) is 0 Å². The summed E-state index contributed by atoms with van der Waals surface area (Å²) in [6, 6.07) is 8.84. The van der Waals surface area contributed by atoms with Gasteiger partial charge in [-0.05, 0) is 40.8 Å². The lowest BCUT2D eigenvalue weighted by Crippen LogP contribution is -2.24. The second-order valence-electron chi connectivity index (χ2n) is 8.51. The lowest BCUT2D eigenvalue weighted by atomic mass is 9.79. The summed E-state index contributed by atoms with van der Waals surface area (Å²) in [6.07, 6.45) is 0. The van der Waals surface area contributed by atoms with Crippen molar-refractivity contribution >= 4 is 17.6 Å². The molecule has 0 radical (unpaired) electrons. The van der Waals surface area contributed by atoms with Gasteiger partial charge in [0, 0.05) is 16.7 Å². The number of rotatable bonds is 5. The lowest BCUT2D eigenvalue weighted by Gasteiger charge is -2.28. The molecule has 0 atom stereocenters. The second kappa shape index (κ2) is 7.72. The van der Waals surface area contributed by atoms with E-state index in [-0.39, 0.29) is 17.6 Å². The standard InChI is InChI=1S/C22H26FNO4/c1-21(2,3)16-11-14(22(4,5)12-25)7-9-18(16)24-19(26)13-6-8-15(20(27)28)17(23)10-13/h6-11,25H,12H2,1-5H3,(H,24,26)(H,27,28). The number of carboxylic acid groups (broad SMARTS) is 1. The van der Waals surface area contributed by atoms with Crippen molar-refractivity contribution in [1.29, 1.82) is 0 Å². The van der Waals surface area contributed by atoms with Gasteiger partial charge < -0.3 is 15.5 Å². The Labute approximate surface area is 164 Å². The summed E-state index contributed by atoms with van der Waals surface area (Å²) in [6.45, 7) is 9.87. The number of nitrogens with one attached hydrogen (secondary N) is 1. The Hall–Kier alpha value is -2.73. The van der Waals surface area contributed by atoms with Gasteiger partial charge in [0.05, 0.1) is 12.2 Å². The first-order chi connectivity index (χ1) is 12.9. The molecule has 0 unspecified atom stereocenters. The molecular weight excluding hydrogens is 361 g/mol. The van der Waals surface area contributed by atoms with Crippen molar-refractivity contribution in [2.24, 2.45) is 0 Å². The third-order valence-electron chi connectivity index (χ3n) is 4.71. The minimum Gasteiger partial charge on any atom is -0.478 e. The highest BCUT2D eigenvalue weighted by molar-refractivity contribution is 6.05. The summed E-state index contributed by atoms with van der Waals surface area (Å²) >= 11 is 0. The molecule has 28 heavy (non-hydrogen) atoms. The van der Waals surface area contributed by atoms with Crippen LogP contribution in [0.2, 0.25) is 0 Å². The highest BCUT2D eigenvalue weighted by Crippen LogP contribution is 2.34. The van der Waals surface area contributed by atoms with Crippen LogP contribution in [-0.2, 0) is 10.8 Å². The average Bonchev–Trinajstić information content (AvgIpc) is 2.60. The van der Waals surface area contributed by atoms with E-state index < -0.39 is 28.7 Å². The number of carbonyl (C=O) groups excluding carboxylic acids is 1. The van der Waals surface area contributed by atoms with Crippen LogP contribution in [0.5, 0.6) is 0 Å². The molecule has 0 saturated carbocycles. The van der Waals surface area contributed by atoms with Crippen LogP contribution in [0.1, 0.15) is 66.5 Å². The fourth-order valence-corrected chi connectivity index (χ4v) is 2.81. The summed E-state index contributed by atoms with van der Waals surface area (Å²) in [5.41, 5.74) is 1.22. The fourth-order valence-electron chi connectivity index (χ4n) is 2.81. The molecule has 0 aliphatic rings. The SMILES string of the molecule is CC(C)(C)c1cc(C(C)(C)CO)ccc1NC(=O)c1ccc(C(=O)O)c(F)c1. The van der Waals surface area contributed by atoms with E-state index in [1.807, 2.05) is 46.8 Å². The molecule has 0 aromatic heterocycles. The van der Waals surface area contributed by atoms with Gasteiger partial charge in [0.1, 0.15) is 5.82 Å². The summed E-state index contributed by atoms with van der Waals surface area (Å²) < 4.78 is 13.9. The number of amides is 1. The predicted octanol–water partition coefficient (Wildman–Crippen LogP) is 4.34. The molecule has 0 spiro atoms. The zero-order valence-electron chi connectivity index (χ0n) is 16.8. The van der Waals surface area contributed by atoms with Gasteiger partial charge >= 0.3 is 5.97 Å². The number of aliphatic hydroxyl groups is 1. The van der Waals surface area contributed by atoms with Crippen molar-refractivity contribution in [3.05, 3.63) is 64.5 Å². The summed E-state index contributed by atoms with van der Waals surface area (Å²) in [5, 5.41) is 21.3. The Morgan fingerprint density at radius 3 is 2.18 bits per heavy atom. The number of anilines is 1. The topological polar surface area (TPSA) is 86.6 Å². The first-order valence-corrected chi connectivity index (χ1v) is 8.97. The Bertz CT molecular complexity index is 913. The van der Waals surface area contributed by atoms with Crippen LogP contribution < -0.4 is 5.32 Å². The number of halogens is 1. The van der Waals surface area contributed by atoms with Crippen molar-refractivity contribution in [2.45, 2.75) is 45.4 Å². The van der Waals surface area contributed by atoms with Gasteiger partial charge in [0.25, 0.3) is 5.91 Å². The number of hydrogen-bond donors (Lipinski definition) is 3. The summed E-state index contributed by atoms with van der Waals surface area (Å²) in [4.78, 5) is 23.5. The van der Waals surface area contributed by atoms with Gasteiger partial charge in [0.15, 0.2) is 0 Å². The largest absolute Gasteiger partial charge is 0.478 e. The molecular formula is C22H26FNO4. The van der Waals surface area contributed by atoms with Gasteiger partial charge in [-0.25, -0.2) is 9.18 Å². The number of benzene rings is 2. The highest BCUT2D eigenvalue weighted by atomic mass is 19.1. The zero-order valence-corrected chi connectivity index (χ0v) is 16.8. The number of carbonyl (C=O) groups is 2. The van der Waals surface area contributed by atoms with Gasteiger partial charge in [-0.3, -0.25) is 4.79 Å². The molecule has 0 bridgehead atoms. The van der Waals surface area contributed by atoms with Gasteiger partial charge in [-0.1, -0.05) is 46.8 Å². The van der Waals surface area contributed by atoms with Crippen LogP contribution >= 0.6 is 0 Å². The van der Waals surface area contributed by atoms with Crippen molar-refractivity contribution in [2.75, 3.05) is 11.9 Å². The first-order valence-electron chi connectivity index (χ1n) is 8.97. The van der Waals surface area contributed by atoms with Crippen LogP contribution in [0.25, 0.3) is 0 Å². The molecule has 0 aliphatic carbocycles. The Balaban J connectivity index is 2.41. The van der Waals surface area contributed by atoms with Crippen molar-refractivity contribution in [3.8, 4) is 0 Å². The zero-order chi connectivity index (χ0) is 21.3. The molecule has 6 heteroatoms. The predicted molar refractivity (Wildman–Crippen MR) is 107 cm³/mol. The minimum absolute atomic E-state index is 0.0164. The molecule has 1 amide bonds. The molecule has 0 heterocycles. The molecule has 2 rings (SSSR count). The summed E-state index contributed by atoms with van der Waals surface area (Å²) in [5.74, 6) is -2.88. The van der Waals surface area contributed by atoms with Crippen molar-refractivity contribution in [1.82, 2.24) is 0 Å². The fraction of sp³-hybridized carbons (Fsp3) is 0.364. The van der Waals surface area contributed by atoms with E-state index in [9.17, 15) is 19.1 Å². The molecule has 3 N–H and O–H groups in total. The van der Waals surface area contributed by atoms with Gasteiger partial charge in [0.2, 0.25) is 0 Å². The quantitative estimate of drug-likeness (QED) is 0.712. The average molecular weight is 387 g/mol. The molecule has 5 nitrogen and oxygen atoms in total. The van der Waals surface area contributed by atoms with E-state index in [0.29, 0.717) is 5.69 Å². The molecule has 150 valence electrons. The van der Waals surface area contributed by atoms with Crippen LogP contribution in [-0.4, -0.2) is 28.7 Å².